The Bertz CT molecular complexity index is 666. The molecule has 1 aliphatic rings. The summed E-state index contributed by atoms with van der Waals surface area (Å²) in [4.78, 5) is 8.08. The molecule has 0 amide bonds. The molecular weight excluding hydrogens is 449 g/mol. The van der Waals surface area contributed by atoms with Crippen LogP contribution in [0.1, 0.15) is 52.0 Å². The van der Waals surface area contributed by atoms with E-state index in [2.05, 4.69) is 55.1 Å². The van der Waals surface area contributed by atoms with Crippen LogP contribution in [0, 0.1) is 6.92 Å². The van der Waals surface area contributed by atoms with Crippen molar-refractivity contribution in [3.05, 3.63) is 53.8 Å². The zero-order valence-corrected chi connectivity index (χ0v) is 21.4. The van der Waals surface area contributed by atoms with Gasteiger partial charge in [0.15, 0.2) is 0 Å². The second kappa shape index (κ2) is 22.2. The average Bonchev–Trinajstić information content (AvgIpc) is 2.77. The number of aliphatic hydroxyl groups is 2. The molecule has 1 fully saturated rings. The Morgan fingerprint density at radius 1 is 1.18 bits per heavy atom. The highest BCUT2D eigenvalue weighted by atomic mass is 32.2. The van der Waals surface area contributed by atoms with Crippen molar-refractivity contribution >= 4 is 18.0 Å². The van der Waals surface area contributed by atoms with Gasteiger partial charge >= 0.3 is 6.36 Å². The number of nitrogens with zero attached hydrogens (tertiary/aromatic N) is 2. The van der Waals surface area contributed by atoms with Crippen LogP contribution < -0.4 is 0 Å². The predicted octanol–water partition coefficient (Wildman–Crippen LogP) is 6.63. The Morgan fingerprint density at radius 3 is 2.24 bits per heavy atom. The smallest absolute Gasteiger partial charge is 0.392 e. The van der Waals surface area contributed by atoms with Gasteiger partial charge in [-0.1, -0.05) is 57.0 Å². The second-order valence-electron chi connectivity index (χ2n) is 6.93. The van der Waals surface area contributed by atoms with E-state index in [4.69, 9.17) is 10.2 Å². The number of allylic oxidation sites excluding steroid dienone is 2. The third-order valence-corrected chi connectivity index (χ3v) is 4.95. The topological polar surface area (TPSA) is 56.1 Å². The molecule has 8 heteroatoms. The Kier molecular flexibility index (Phi) is 22.6. The average molecular weight is 491 g/mol. The Hall–Kier alpha value is -1.61. The molecule has 190 valence electrons. The van der Waals surface area contributed by atoms with Gasteiger partial charge in [-0.05, 0) is 64.5 Å². The minimum atomic E-state index is -5.00. The molecule has 1 heterocycles. The zero-order chi connectivity index (χ0) is 25.5. The van der Waals surface area contributed by atoms with Gasteiger partial charge in [0.2, 0.25) is 0 Å². The number of piperidine rings is 1. The zero-order valence-electron chi connectivity index (χ0n) is 20.6. The molecule has 1 aliphatic heterocycles. The van der Waals surface area contributed by atoms with Crippen molar-refractivity contribution in [2.45, 2.75) is 64.6 Å². The number of halogens is 3. The Morgan fingerprint density at radius 2 is 1.79 bits per heavy atom. The summed E-state index contributed by atoms with van der Waals surface area (Å²) in [5, 5.41) is 15.3. The standard InChI is InChI=1S/C16H21NOS.C6H13N.C2H6.CHF3O/c1-3-10-17-15(8-4-5-11-18)13-19-16-9-6-7-14(2)12-16;1-7-5-3-2-4-6-7;1-2;2-1(3,4)5/h4-10,12,18H,3,11,13H2,1-2H3;2-6H2,1H3;1-2H3;5H/b5-4-,15-8-,17-10?;;;. The van der Waals surface area contributed by atoms with Gasteiger partial charge in [-0.15, -0.1) is 24.9 Å². The van der Waals surface area contributed by atoms with Crippen molar-refractivity contribution in [2.75, 3.05) is 32.5 Å². The van der Waals surface area contributed by atoms with Gasteiger partial charge in [-0.3, -0.25) is 4.99 Å². The van der Waals surface area contributed by atoms with E-state index in [0.717, 1.165) is 17.9 Å². The van der Waals surface area contributed by atoms with E-state index in [9.17, 15) is 13.2 Å². The molecule has 0 unspecified atom stereocenters. The summed E-state index contributed by atoms with van der Waals surface area (Å²) >= 11 is 1.77. The lowest BCUT2D eigenvalue weighted by atomic mass is 10.1. The van der Waals surface area contributed by atoms with E-state index in [1.807, 2.05) is 32.2 Å². The largest absolute Gasteiger partial charge is 0.519 e. The van der Waals surface area contributed by atoms with E-state index < -0.39 is 6.36 Å². The van der Waals surface area contributed by atoms with Crippen LogP contribution in [-0.4, -0.2) is 60.2 Å². The van der Waals surface area contributed by atoms with Crippen LogP contribution in [0.15, 0.2) is 58.1 Å². The highest BCUT2D eigenvalue weighted by Gasteiger charge is 2.20. The SMILES string of the molecule is CC.CCC=N/C(=C\C=C/CO)CSc1cccc(C)c1.CN1CCCCC1.OC(F)(F)F. The van der Waals surface area contributed by atoms with E-state index in [-0.39, 0.29) is 6.61 Å². The summed E-state index contributed by atoms with van der Waals surface area (Å²) in [5.41, 5.74) is 2.28. The normalized spacial score (nSPS) is 14.7. The van der Waals surface area contributed by atoms with Crippen LogP contribution >= 0.6 is 11.8 Å². The Balaban J connectivity index is 0. The molecule has 2 N–H and O–H groups in total. The number of hydrogen-bond donors (Lipinski definition) is 2. The third-order valence-electron chi connectivity index (χ3n) is 3.93. The molecule has 0 saturated carbocycles. The van der Waals surface area contributed by atoms with Gasteiger partial charge in [0, 0.05) is 16.9 Å². The number of aryl methyl sites for hydroxylation is 1. The third kappa shape index (κ3) is 26.5. The maximum atomic E-state index is 9.91. The minimum absolute atomic E-state index is 0.0618. The first-order valence-corrected chi connectivity index (χ1v) is 12.3. The van der Waals surface area contributed by atoms with E-state index in [1.165, 1.54) is 42.8 Å². The van der Waals surface area contributed by atoms with Crippen molar-refractivity contribution in [2.24, 2.45) is 4.99 Å². The number of aliphatic hydroxyl groups excluding tert-OH is 1. The number of hydrogen-bond acceptors (Lipinski definition) is 5. The number of thioether (sulfide) groups is 1. The first-order valence-electron chi connectivity index (χ1n) is 11.3. The highest BCUT2D eigenvalue weighted by Crippen LogP contribution is 2.22. The van der Waals surface area contributed by atoms with Crippen LogP contribution in [0.25, 0.3) is 0 Å². The van der Waals surface area contributed by atoms with Crippen LogP contribution in [0.2, 0.25) is 0 Å². The number of benzene rings is 1. The molecule has 0 atom stereocenters. The fourth-order valence-corrected chi connectivity index (χ4v) is 3.42. The van der Waals surface area contributed by atoms with Crippen molar-refractivity contribution in [1.29, 1.82) is 0 Å². The molecule has 0 spiro atoms. The van der Waals surface area contributed by atoms with Crippen molar-refractivity contribution in [3.8, 4) is 0 Å². The quantitative estimate of drug-likeness (QED) is 0.256. The summed E-state index contributed by atoms with van der Waals surface area (Å²) in [6.07, 6.45) is 7.62. The van der Waals surface area contributed by atoms with Gasteiger partial charge in [0.1, 0.15) is 0 Å². The first-order chi connectivity index (χ1) is 15.7. The number of likely N-dealkylation sites (tertiary alicyclic amines) is 1. The second-order valence-corrected chi connectivity index (χ2v) is 7.97. The summed E-state index contributed by atoms with van der Waals surface area (Å²) in [6.45, 7) is 10.9. The molecule has 4 nitrogen and oxygen atoms in total. The lowest BCUT2D eigenvalue weighted by Crippen LogP contribution is -2.24. The molecule has 1 saturated heterocycles. The molecule has 0 radical (unpaired) electrons. The van der Waals surface area contributed by atoms with E-state index in [0.29, 0.717) is 0 Å². The summed E-state index contributed by atoms with van der Waals surface area (Å²) < 4.78 is 29.7. The fraction of sp³-hybridized carbons (Fsp3) is 0.560. The van der Waals surface area contributed by atoms with Crippen molar-refractivity contribution in [3.63, 3.8) is 0 Å². The fourth-order valence-electron chi connectivity index (χ4n) is 2.49. The highest BCUT2D eigenvalue weighted by molar-refractivity contribution is 7.99. The minimum Gasteiger partial charge on any atom is -0.392 e. The molecule has 33 heavy (non-hydrogen) atoms. The van der Waals surface area contributed by atoms with Crippen molar-refractivity contribution in [1.82, 2.24) is 4.90 Å². The maximum Gasteiger partial charge on any atom is 0.519 e. The molecular formula is C25H41F3N2O2S. The lowest BCUT2D eigenvalue weighted by molar-refractivity contribution is -0.295. The number of alkyl halides is 3. The summed E-state index contributed by atoms with van der Waals surface area (Å²) in [7, 11) is 2.19. The van der Waals surface area contributed by atoms with E-state index in [1.54, 1.807) is 17.8 Å². The first kappa shape index (κ1) is 33.6. The van der Waals surface area contributed by atoms with Gasteiger partial charge < -0.3 is 15.1 Å². The van der Waals surface area contributed by atoms with Gasteiger partial charge in [-0.25, -0.2) is 0 Å². The van der Waals surface area contributed by atoms with Gasteiger partial charge in [0.05, 0.1) is 12.3 Å². The molecule has 1 aromatic carbocycles. The number of aliphatic imine (C=N–C) groups is 1. The lowest BCUT2D eigenvalue weighted by Gasteiger charge is -2.20. The van der Waals surface area contributed by atoms with E-state index >= 15 is 0 Å². The molecule has 1 aromatic rings. The summed E-state index contributed by atoms with van der Waals surface area (Å²) in [6, 6.07) is 8.46. The summed E-state index contributed by atoms with van der Waals surface area (Å²) in [5.74, 6) is 0.829. The molecule has 0 bridgehead atoms. The van der Waals surface area contributed by atoms with Crippen molar-refractivity contribution < 1.29 is 23.4 Å². The van der Waals surface area contributed by atoms with Crippen LogP contribution in [0.3, 0.4) is 0 Å². The monoisotopic (exact) mass is 490 g/mol. The maximum absolute atomic E-state index is 9.91. The van der Waals surface area contributed by atoms with Crippen LogP contribution in [-0.2, 0) is 0 Å². The van der Waals surface area contributed by atoms with Gasteiger partial charge in [0.25, 0.3) is 0 Å². The van der Waals surface area contributed by atoms with Crippen LogP contribution in [0.4, 0.5) is 13.2 Å². The molecule has 0 aliphatic carbocycles. The number of rotatable bonds is 7. The Labute approximate surface area is 202 Å². The molecule has 2 rings (SSSR count). The van der Waals surface area contributed by atoms with Crippen LogP contribution in [0.5, 0.6) is 0 Å². The van der Waals surface area contributed by atoms with Gasteiger partial charge in [-0.2, -0.15) is 0 Å². The molecule has 0 aromatic heterocycles. The predicted molar refractivity (Wildman–Crippen MR) is 136 cm³/mol.